The highest BCUT2D eigenvalue weighted by atomic mass is 35.5. The van der Waals surface area contributed by atoms with E-state index in [9.17, 15) is 0 Å². The molecule has 2 aromatic rings. The van der Waals surface area contributed by atoms with Crippen LogP contribution in [0.1, 0.15) is 11.1 Å². The molecule has 0 unspecified atom stereocenters. The second-order valence-electron chi connectivity index (χ2n) is 4.08. The lowest BCUT2D eigenvalue weighted by molar-refractivity contribution is 1.06. The smallest absolute Gasteiger partial charge is 0.118 e. The molecular formula is C16H15ClN2. The maximum atomic E-state index is 6.05. The Kier molecular flexibility index (Phi) is 4.76. The molecule has 0 aromatic heterocycles. The molecule has 0 heterocycles. The van der Waals surface area contributed by atoms with Gasteiger partial charge in [-0.1, -0.05) is 66.2 Å². The van der Waals surface area contributed by atoms with E-state index in [2.05, 4.69) is 4.99 Å². The van der Waals surface area contributed by atoms with Gasteiger partial charge in [0.15, 0.2) is 0 Å². The number of hydrogen-bond donors (Lipinski definition) is 1. The van der Waals surface area contributed by atoms with E-state index < -0.39 is 0 Å². The molecule has 3 heteroatoms. The number of nitrogens with two attached hydrogens (primary N) is 1. The summed E-state index contributed by atoms with van der Waals surface area (Å²) in [5.74, 6) is 0.490. The Labute approximate surface area is 118 Å². The number of rotatable bonds is 4. The molecule has 0 radical (unpaired) electrons. The second kappa shape index (κ2) is 6.76. The first-order valence-corrected chi connectivity index (χ1v) is 6.40. The number of hydrogen-bond acceptors (Lipinski definition) is 1. The highest BCUT2D eigenvalue weighted by molar-refractivity contribution is 6.31. The van der Waals surface area contributed by atoms with Gasteiger partial charge in [0.25, 0.3) is 0 Å². The third-order valence-electron chi connectivity index (χ3n) is 2.64. The van der Waals surface area contributed by atoms with Gasteiger partial charge in [-0.05, 0) is 23.3 Å². The monoisotopic (exact) mass is 270 g/mol. The van der Waals surface area contributed by atoms with Crippen molar-refractivity contribution < 1.29 is 0 Å². The Morgan fingerprint density at radius 1 is 1.05 bits per heavy atom. The molecule has 19 heavy (non-hydrogen) atoms. The van der Waals surface area contributed by atoms with Crippen molar-refractivity contribution in [2.45, 2.75) is 6.54 Å². The summed E-state index contributed by atoms with van der Waals surface area (Å²) in [6.45, 7) is 0.491. The molecule has 0 fully saturated rings. The minimum atomic E-state index is 0.490. The largest absolute Gasteiger partial charge is 0.384 e. The molecule has 0 bridgehead atoms. The van der Waals surface area contributed by atoms with Gasteiger partial charge in [-0.15, -0.1) is 0 Å². The molecule has 96 valence electrons. The summed E-state index contributed by atoms with van der Waals surface area (Å²) in [5, 5.41) is 0.714. The topological polar surface area (TPSA) is 38.4 Å². The van der Waals surface area contributed by atoms with Crippen LogP contribution in [0.4, 0.5) is 0 Å². The molecule has 2 aromatic carbocycles. The van der Waals surface area contributed by atoms with Gasteiger partial charge in [-0.3, -0.25) is 4.99 Å². The lowest BCUT2D eigenvalue weighted by Gasteiger charge is -2.00. The van der Waals surface area contributed by atoms with Gasteiger partial charge < -0.3 is 5.73 Å². The fraction of sp³-hybridized carbons (Fsp3) is 0.0625. The first kappa shape index (κ1) is 13.4. The molecule has 2 nitrogen and oxygen atoms in total. The van der Waals surface area contributed by atoms with Crippen LogP contribution in [0.2, 0.25) is 5.02 Å². The summed E-state index contributed by atoms with van der Waals surface area (Å²) < 4.78 is 0. The number of benzene rings is 2. The number of aliphatic imine (C=N–C) groups is 1. The Morgan fingerprint density at radius 2 is 1.74 bits per heavy atom. The van der Waals surface area contributed by atoms with Crippen LogP contribution in [0.15, 0.2) is 65.7 Å². The Hall–Kier alpha value is -2.06. The highest BCUT2D eigenvalue weighted by Crippen LogP contribution is 2.15. The molecule has 2 rings (SSSR count). The minimum Gasteiger partial charge on any atom is -0.384 e. The zero-order valence-electron chi connectivity index (χ0n) is 10.5. The maximum absolute atomic E-state index is 6.05. The number of halogens is 1. The van der Waals surface area contributed by atoms with Crippen LogP contribution < -0.4 is 5.73 Å². The van der Waals surface area contributed by atoms with E-state index >= 15 is 0 Å². The van der Waals surface area contributed by atoms with Gasteiger partial charge in [0.05, 0.1) is 6.54 Å². The van der Waals surface area contributed by atoms with E-state index in [-0.39, 0.29) is 0 Å². The standard InChI is InChI=1S/C16H15ClN2/c17-15-9-5-4-8-14(15)12-19-16(18)11-10-13-6-2-1-3-7-13/h1-11H,12H2,(H2,18,19)/b11-10+. The van der Waals surface area contributed by atoms with Crippen molar-refractivity contribution in [3.8, 4) is 0 Å². The van der Waals surface area contributed by atoms with Crippen LogP contribution in [-0.2, 0) is 6.54 Å². The fourth-order valence-corrected chi connectivity index (χ4v) is 1.80. The quantitative estimate of drug-likeness (QED) is 0.664. The summed E-state index contributed by atoms with van der Waals surface area (Å²) in [6.07, 6.45) is 3.73. The predicted molar refractivity (Wildman–Crippen MR) is 82.3 cm³/mol. The van der Waals surface area contributed by atoms with Gasteiger partial charge in [0.2, 0.25) is 0 Å². The van der Waals surface area contributed by atoms with E-state index in [0.29, 0.717) is 17.4 Å². The van der Waals surface area contributed by atoms with E-state index in [1.165, 1.54) is 0 Å². The van der Waals surface area contributed by atoms with Crippen LogP contribution >= 0.6 is 11.6 Å². The summed E-state index contributed by atoms with van der Waals surface area (Å²) >= 11 is 6.05. The van der Waals surface area contributed by atoms with E-state index in [0.717, 1.165) is 11.1 Å². The Balaban J connectivity index is 2.00. The van der Waals surface area contributed by atoms with Gasteiger partial charge in [-0.2, -0.15) is 0 Å². The average Bonchev–Trinajstić information content (AvgIpc) is 2.45. The van der Waals surface area contributed by atoms with Crippen molar-refractivity contribution in [2.75, 3.05) is 0 Å². The summed E-state index contributed by atoms with van der Waals surface area (Å²) in [5.41, 5.74) is 7.91. The van der Waals surface area contributed by atoms with Crippen molar-refractivity contribution in [1.82, 2.24) is 0 Å². The third kappa shape index (κ3) is 4.27. The van der Waals surface area contributed by atoms with Crippen molar-refractivity contribution >= 4 is 23.5 Å². The van der Waals surface area contributed by atoms with E-state index in [1.54, 1.807) is 6.08 Å². The van der Waals surface area contributed by atoms with Crippen LogP contribution in [0.25, 0.3) is 6.08 Å². The SMILES string of the molecule is NC(/C=C/c1ccccc1)=NCc1ccccc1Cl. The molecule has 0 spiro atoms. The molecule has 0 atom stereocenters. The summed E-state index contributed by atoms with van der Waals surface area (Å²) in [4.78, 5) is 4.29. The van der Waals surface area contributed by atoms with Gasteiger partial charge >= 0.3 is 0 Å². The zero-order chi connectivity index (χ0) is 13.5. The van der Waals surface area contributed by atoms with Crippen LogP contribution in [-0.4, -0.2) is 5.84 Å². The minimum absolute atomic E-state index is 0.490. The summed E-state index contributed by atoms with van der Waals surface area (Å²) in [6, 6.07) is 17.6. The van der Waals surface area contributed by atoms with Crippen molar-refractivity contribution in [2.24, 2.45) is 10.7 Å². The van der Waals surface area contributed by atoms with Crippen molar-refractivity contribution in [3.05, 3.63) is 76.8 Å². The van der Waals surface area contributed by atoms with E-state index in [4.69, 9.17) is 17.3 Å². The van der Waals surface area contributed by atoms with Gasteiger partial charge in [-0.25, -0.2) is 0 Å². The number of nitrogens with zero attached hydrogens (tertiary/aromatic N) is 1. The first-order chi connectivity index (χ1) is 9.25. The second-order valence-corrected chi connectivity index (χ2v) is 4.48. The Bertz CT molecular complexity index is 589. The lowest BCUT2D eigenvalue weighted by Crippen LogP contribution is -2.07. The molecule has 0 aliphatic carbocycles. The van der Waals surface area contributed by atoms with Gasteiger partial charge in [0.1, 0.15) is 5.84 Å². The molecule has 0 amide bonds. The van der Waals surface area contributed by atoms with E-state index in [1.807, 2.05) is 60.7 Å². The third-order valence-corrected chi connectivity index (χ3v) is 3.00. The Morgan fingerprint density at radius 3 is 2.47 bits per heavy atom. The van der Waals surface area contributed by atoms with Crippen LogP contribution in [0.3, 0.4) is 0 Å². The molecule has 0 saturated carbocycles. The van der Waals surface area contributed by atoms with Crippen LogP contribution in [0.5, 0.6) is 0 Å². The molecule has 0 saturated heterocycles. The predicted octanol–water partition coefficient (Wildman–Crippen LogP) is 3.91. The molecular weight excluding hydrogens is 256 g/mol. The van der Waals surface area contributed by atoms with Gasteiger partial charge in [0, 0.05) is 5.02 Å². The van der Waals surface area contributed by atoms with Crippen molar-refractivity contribution in [1.29, 1.82) is 0 Å². The molecule has 2 N–H and O–H groups in total. The average molecular weight is 271 g/mol. The van der Waals surface area contributed by atoms with Crippen molar-refractivity contribution in [3.63, 3.8) is 0 Å². The molecule has 0 aliphatic heterocycles. The highest BCUT2D eigenvalue weighted by Gasteiger charge is 1.96. The summed E-state index contributed by atoms with van der Waals surface area (Å²) in [7, 11) is 0. The normalized spacial score (nSPS) is 11.9. The number of amidine groups is 1. The zero-order valence-corrected chi connectivity index (χ0v) is 11.2. The lowest BCUT2D eigenvalue weighted by atomic mass is 10.2. The van der Waals surface area contributed by atoms with Crippen LogP contribution in [0, 0.1) is 0 Å². The molecule has 0 aliphatic rings. The fourth-order valence-electron chi connectivity index (χ4n) is 1.60. The first-order valence-electron chi connectivity index (χ1n) is 6.02. The maximum Gasteiger partial charge on any atom is 0.118 e.